The van der Waals surface area contributed by atoms with Crippen LogP contribution in [-0.4, -0.2) is 52.9 Å². The lowest BCUT2D eigenvalue weighted by Crippen LogP contribution is -2.43. The van der Waals surface area contributed by atoms with E-state index in [0.29, 0.717) is 30.3 Å². The number of piperidine rings is 1. The first kappa shape index (κ1) is 22.4. The summed E-state index contributed by atoms with van der Waals surface area (Å²) in [7, 11) is 1.60. The number of hydrogen-bond acceptors (Lipinski definition) is 4. The predicted octanol–water partition coefficient (Wildman–Crippen LogP) is 3.63. The van der Waals surface area contributed by atoms with Gasteiger partial charge in [0.2, 0.25) is 0 Å². The van der Waals surface area contributed by atoms with Crippen LogP contribution in [0.1, 0.15) is 40.9 Å². The first-order valence-corrected chi connectivity index (χ1v) is 9.78. The number of hydrogen-bond donors (Lipinski definition) is 2. The van der Waals surface area contributed by atoms with Crippen molar-refractivity contribution in [2.24, 2.45) is 0 Å². The number of nitrogens with one attached hydrogen (secondary N) is 2. The lowest BCUT2D eigenvalue weighted by atomic mass is 10.0. The Bertz CT molecular complexity index is 948. The summed E-state index contributed by atoms with van der Waals surface area (Å²) >= 11 is 0. The van der Waals surface area contributed by atoms with Crippen LogP contribution in [0.25, 0.3) is 0 Å². The van der Waals surface area contributed by atoms with Crippen molar-refractivity contribution < 1.29 is 27.5 Å². The molecule has 31 heavy (non-hydrogen) atoms. The van der Waals surface area contributed by atoms with Gasteiger partial charge in [-0.25, -0.2) is 9.78 Å². The molecule has 0 saturated carbocycles. The lowest BCUT2D eigenvalue weighted by Gasteiger charge is -2.33. The molecule has 168 valence electrons. The zero-order valence-corrected chi connectivity index (χ0v) is 17.4. The van der Waals surface area contributed by atoms with E-state index in [9.17, 15) is 22.8 Å². The summed E-state index contributed by atoms with van der Waals surface area (Å²) in [4.78, 5) is 30.6. The SMILES string of the molecule is CNC(=O)N1CCC(n2c(C)nc(C(=O)Nc3ccc(OC(F)(F)F)cc3)c2C)CC1. The van der Waals surface area contributed by atoms with Crippen LogP contribution >= 0.6 is 0 Å². The van der Waals surface area contributed by atoms with Crippen LogP contribution in [0.5, 0.6) is 5.75 Å². The van der Waals surface area contributed by atoms with Crippen LogP contribution in [0.2, 0.25) is 0 Å². The Morgan fingerprint density at radius 2 is 1.74 bits per heavy atom. The molecular weight excluding hydrogens is 415 g/mol. The van der Waals surface area contributed by atoms with E-state index >= 15 is 0 Å². The molecule has 1 saturated heterocycles. The first-order valence-electron chi connectivity index (χ1n) is 9.78. The van der Waals surface area contributed by atoms with Crippen molar-refractivity contribution >= 4 is 17.6 Å². The van der Waals surface area contributed by atoms with Gasteiger partial charge in [-0.05, 0) is 51.0 Å². The summed E-state index contributed by atoms with van der Waals surface area (Å²) in [6, 6.07) is 4.91. The van der Waals surface area contributed by atoms with E-state index in [4.69, 9.17) is 0 Å². The normalized spacial score (nSPS) is 15.0. The molecule has 0 aliphatic carbocycles. The minimum Gasteiger partial charge on any atom is -0.406 e. The Kier molecular flexibility index (Phi) is 6.42. The highest BCUT2D eigenvalue weighted by Crippen LogP contribution is 2.28. The van der Waals surface area contributed by atoms with Gasteiger partial charge in [-0.15, -0.1) is 13.2 Å². The van der Waals surface area contributed by atoms with Crippen LogP contribution in [0.15, 0.2) is 24.3 Å². The molecule has 11 heteroatoms. The maximum absolute atomic E-state index is 12.7. The van der Waals surface area contributed by atoms with Crippen LogP contribution in [0.4, 0.5) is 23.7 Å². The second-order valence-electron chi connectivity index (χ2n) is 7.26. The molecule has 1 aliphatic heterocycles. The number of rotatable bonds is 4. The van der Waals surface area contributed by atoms with E-state index in [1.54, 1.807) is 18.9 Å². The monoisotopic (exact) mass is 439 g/mol. The quantitative estimate of drug-likeness (QED) is 0.762. The molecule has 3 rings (SSSR count). The maximum atomic E-state index is 12.7. The first-order chi connectivity index (χ1) is 14.6. The van der Waals surface area contributed by atoms with Crippen molar-refractivity contribution in [3.8, 4) is 5.75 Å². The number of anilines is 1. The minimum absolute atomic E-state index is 0.107. The van der Waals surface area contributed by atoms with E-state index in [1.165, 1.54) is 12.1 Å². The zero-order valence-electron chi connectivity index (χ0n) is 17.4. The lowest BCUT2D eigenvalue weighted by molar-refractivity contribution is -0.274. The highest BCUT2D eigenvalue weighted by Gasteiger charge is 2.31. The van der Waals surface area contributed by atoms with Gasteiger partial charge in [-0.1, -0.05) is 0 Å². The van der Waals surface area contributed by atoms with Gasteiger partial charge < -0.3 is 24.8 Å². The third-order valence-corrected chi connectivity index (χ3v) is 5.22. The fourth-order valence-electron chi connectivity index (χ4n) is 3.82. The molecule has 3 amide bonds. The van der Waals surface area contributed by atoms with Crippen molar-refractivity contribution in [3.05, 3.63) is 41.5 Å². The molecule has 0 atom stereocenters. The molecule has 1 aromatic heterocycles. The smallest absolute Gasteiger partial charge is 0.406 e. The molecule has 1 aromatic carbocycles. The largest absolute Gasteiger partial charge is 0.573 e. The number of aromatic nitrogens is 2. The molecule has 8 nitrogen and oxygen atoms in total. The molecule has 0 bridgehead atoms. The van der Waals surface area contributed by atoms with Crippen LogP contribution in [0, 0.1) is 13.8 Å². The van der Waals surface area contributed by atoms with E-state index in [1.807, 2.05) is 11.5 Å². The molecule has 0 spiro atoms. The van der Waals surface area contributed by atoms with E-state index < -0.39 is 12.3 Å². The summed E-state index contributed by atoms with van der Waals surface area (Å²) in [5.41, 5.74) is 1.28. The van der Waals surface area contributed by atoms with E-state index in [-0.39, 0.29) is 23.5 Å². The van der Waals surface area contributed by atoms with Crippen LogP contribution < -0.4 is 15.4 Å². The summed E-state index contributed by atoms with van der Waals surface area (Å²) < 4.78 is 42.6. The van der Waals surface area contributed by atoms with Gasteiger partial charge in [0.15, 0.2) is 0 Å². The van der Waals surface area contributed by atoms with Crippen molar-refractivity contribution in [2.45, 2.75) is 39.1 Å². The van der Waals surface area contributed by atoms with Gasteiger partial charge in [0.25, 0.3) is 5.91 Å². The number of carbonyl (C=O) groups is 2. The second-order valence-corrected chi connectivity index (χ2v) is 7.26. The number of carbonyl (C=O) groups excluding carboxylic acids is 2. The number of urea groups is 1. The standard InChI is InChI=1S/C20H24F3N5O3/c1-12-17(18(29)26-14-4-6-16(7-5-14)31-20(21,22)23)25-13(2)28(12)15-8-10-27(11-9-15)19(30)24-3/h4-7,15H,8-11H2,1-3H3,(H,24,30)(H,26,29). The van der Waals surface area contributed by atoms with Crippen molar-refractivity contribution in [3.63, 3.8) is 0 Å². The molecule has 0 radical (unpaired) electrons. The van der Waals surface area contributed by atoms with E-state index in [0.717, 1.165) is 25.0 Å². The fraction of sp³-hybridized carbons (Fsp3) is 0.450. The molecular formula is C20H24F3N5O3. The predicted molar refractivity (Wildman–Crippen MR) is 107 cm³/mol. The molecule has 2 N–H and O–H groups in total. The van der Waals surface area contributed by atoms with Crippen molar-refractivity contribution in [2.75, 3.05) is 25.5 Å². The second kappa shape index (κ2) is 8.86. The third kappa shape index (κ3) is 5.28. The van der Waals surface area contributed by atoms with E-state index in [2.05, 4.69) is 20.4 Å². The topological polar surface area (TPSA) is 88.5 Å². The Morgan fingerprint density at radius 3 is 2.29 bits per heavy atom. The van der Waals surface area contributed by atoms with Gasteiger partial charge in [0.05, 0.1) is 0 Å². The number of nitrogens with zero attached hydrogens (tertiary/aromatic N) is 3. The number of likely N-dealkylation sites (tertiary alicyclic amines) is 1. The van der Waals surface area contributed by atoms with Crippen molar-refractivity contribution in [1.29, 1.82) is 0 Å². The number of benzene rings is 1. The van der Waals surface area contributed by atoms with Gasteiger partial charge in [0.1, 0.15) is 17.3 Å². The highest BCUT2D eigenvalue weighted by molar-refractivity contribution is 6.03. The number of amides is 3. The summed E-state index contributed by atoms with van der Waals surface area (Å²) in [6.07, 6.45) is -3.29. The number of imidazole rings is 1. The third-order valence-electron chi connectivity index (χ3n) is 5.22. The summed E-state index contributed by atoms with van der Waals surface area (Å²) in [5.74, 6) is -0.133. The van der Waals surface area contributed by atoms with Gasteiger partial charge in [0, 0.05) is 37.6 Å². The minimum atomic E-state index is -4.78. The van der Waals surface area contributed by atoms with Gasteiger partial charge in [-0.3, -0.25) is 4.79 Å². The molecule has 0 unspecified atom stereocenters. The highest BCUT2D eigenvalue weighted by atomic mass is 19.4. The number of halogens is 3. The molecule has 2 heterocycles. The van der Waals surface area contributed by atoms with Crippen molar-refractivity contribution in [1.82, 2.24) is 19.8 Å². The Morgan fingerprint density at radius 1 is 1.13 bits per heavy atom. The summed E-state index contributed by atoms with van der Waals surface area (Å²) in [6.45, 7) is 4.84. The molecule has 1 aliphatic rings. The van der Waals surface area contributed by atoms with Gasteiger partial charge >= 0.3 is 12.4 Å². The Balaban J connectivity index is 1.69. The van der Waals surface area contributed by atoms with Gasteiger partial charge in [-0.2, -0.15) is 0 Å². The fourth-order valence-corrected chi connectivity index (χ4v) is 3.82. The number of ether oxygens (including phenoxy) is 1. The summed E-state index contributed by atoms with van der Waals surface area (Å²) in [5, 5.41) is 5.27. The van der Waals surface area contributed by atoms with Crippen LogP contribution in [-0.2, 0) is 0 Å². The van der Waals surface area contributed by atoms with Crippen LogP contribution in [0.3, 0.4) is 0 Å². The molecule has 1 fully saturated rings. The zero-order chi connectivity index (χ0) is 22.8. The Hall–Kier alpha value is -3.24. The maximum Gasteiger partial charge on any atom is 0.573 e. The average molecular weight is 439 g/mol. The number of alkyl halides is 3. The Labute approximate surface area is 177 Å². The average Bonchev–Trinajstić information content (AvgIpc) is 3.02. The molecule has 2 aromatic rings. The number of aryl methyl sites for hydroxylation is 1.